The number of fused-ring (bicyclic) bond motifs is 1. The van der Waals surface area contributed by atoms with E-state index in [-0.39, 0.29) is 23.9 Å². The van der Waals surface area contributed by atoms with Crippen molar-refractivity contribution in [2.45, 2.75) is 102 Å². The van der Waals surface area contributed by atoms with E-state index in [1.54, 1.807) is 0 Å². The lowest BCUT2D eigenvalue weighted by Crippen LogP contribution is -2.40. The van der Waals surface area contributed by atoms with Gasteiger partial charge in [0.25, 0.3) is 0 Å². The van der Waals surface area contributed by atoms with Gasteiger partial charge in [0.2, 0.25) is 5.91 Å². The minimum atomic E-state index is 0.0380. The molecule has 0 bridgehead atoms. The Hall–Kier alpha value is -2.59. The van der Waals surface area contributed by atoms with Gasteiger partial charge in [-0.15, -0.1) is 0 Å². The van der Waals surface area contributed by atoms with Crippen LogP contribution in [-0.2, 0) is 11.3 Å². The highest BCUT2D eigenvalue weighted by Gasteiger charge is 2.26. The molecule has 1 unspecified atom stereocenters. The summed E-state index contributed by atoms with van der Waals surface area (Å²) in [7, 11) is 0. The molecule has 0 spiro atoms. The first-order valence-corrected chi connectivity index (χ1v) is 14.3. The van der Waals surface area contributed by atoms with Crippen molar-refractivity contribution in [3.8, 4) is 0 Å². The van der Waals surface area contributed by atoms with Gasteiger partial charge in [-0.1, -0.05) is 73.7 Å². The zero-order valence-electron chi connectivity index (χ0n) is 21.9. The molecule has 1 amide bonds. The first kappa shape index (κ1) is 25.1. The Kier molecular flexibility index (Phi) is 8.11. The summed E-state index contributed by atoms with van der Waals surface area (Å²) in [5.41, 5.74) is 11.1. The molecule has 0 aliphatic heterocycles. The monoisotopic (exact) mass is 485 g/mol. The molecule has 1 aromatic heterocycles. The maximum absolute atomic E-state index is 13.4. The summed E-state index contributed by atoms with van der Waals surface area (Å²) in [4.78, 5) is 13.4. The number of nitrogens with two attached hydrogens (primary N) is 1. The number of aromatic nitrogens is 1. The van der Waals surface area contributed by atoms with Crippen LogP contribution in [0.4, 0.5) is 0 Å². The van der Waals surface area contributed by atoms with Gasteiger partial charge in [-0.3, -0.25) is 4.79 Å². The Morgan fingerprint density at radius 3 is 2.47 bits per heavy atom. The maximum atomic E-state index is 13.4. The van der Waals surface area contributed by atoms with Crippen LogP contribution in [0.15, 0.2) is 54.7 Å². The smallest absolute Gasteiger partial charge is 0.221 e. The van der Waals surface area contributed by atoms with Crippen LogP contribution in [0.25, 0.3) is 10.9 Å². The van der Waals surface area contributed by atoms with Gasteiger partial charge in [0.1, 0.15) is 0 Å². The molecule has 192 valence electrons. The molecule has 2 fully saturated rings. The Morgan fingerprint density at radius 2 is 1.72 bits per heavy atom. The van der Waals surface area contributed by atoms with E-state index in [0.717, 1.165) is 38.1 Å². The average molecular weight is 486 g/mol. The van der Waals surface area contributed by atoms with Crippen LogP contribution in [0.2, 0.25) is 0 Å². The number of carbonyl (C=O) groups excluding carboxylic acids is 1. The highest BCUT2D eigenvalue weighted by Crippen LogP contribution is 2.36. The summed E-state index contributed by atoms with van der Waals surface area (Å²) in [5, 5.41) is 4.64. The van der Waals surface area contributed by atoms with Crippen LogP contribution < -0.4 is 11.1 Å². The van der Waals surface area contributed by atoms with Gasteiger partial charge in [-0.2, -0.15) is 0 Å². The van der Waals surface area contributed by atoms with Crippen molar-refractivity contribution in [1.29, 1.82) is 0 Å². The van der Waals surface area contributed by atoms with Crippen molar-refractivity contribution in [1.82, 2.24) is 9.88 Å². The van der Waals surface area contributed by atoms with E-state index in [1.165, 1.54) is 66.1 Å². The molecule has 4 nitrogen and oxygen atoms in total. The van der Waals surface area contributed by atoms with Crippen molar-refractivity contribution in [2.75, 3.05) is 0 Å². The number of rotatable bonds is 7. The van der Waals surface area contributed by atoms with Crippen LogP contribution in [0.1, 0.15) is 93.2 Å². The van der Waals surface area contributed by atoms with Gasteiger partial charge < -0.3 is 15.6 Å². The summed E-state index contributed by atoms with van der Waals surface area (Å²) in [5.74, 6) is 0.938. The minimum Gasteiger partial charge on any atom is -0.353 e. The quantitative estimate of drug-likeness (QED) is 0.360. The number of hydrogen-bond acceptors (Lipinski definition) is 2. The molecule has 3 N–H and O–H groups in total. The summed E-state index contributed by atoms with van der Waals surface area (Å²) < 4.78 is 2.49. The first-order valence-electron chi connectivity index (χ1n) is 14.3. The van der Waals surface area contributed by atoms with Crippen LogP contribution in [-0.4, -0.2) is 22.6 Å². The second kappa shape index (κ2) is 11.6. The van der Waals surface area contributed by atoms with Crippen molar-refractivity contribution in [3.63, 3.8) is 0 Å². The fraction of sp³-hybridized carbons (Fsp3) is 0.531. The standard InChI is InChI=1S/C32H43N3O/c1-23-9-8-12-25(19-23)29(20-32(36)34-27-17-15-26(33)16-18-27)30-22-35(31-14-7-6-13-28(30)31)21-24-10-4-2-3-5-11-24/h6-9,12-14,19,22,24,26-27,29H,2-5,10-11,15-18,20-21,33H2,1H3,(H,34,36)/t26-,27-,29?. The second-order valence-electron chi connectivity index (χ2n) is 11.5. The van der Waals surface area contributed by atoms with Gasteiger partial charge in [0.15, 0.2) is 0 Å². The highest BCUT2D eigenvalue weighted by atomic mass is 16.1. The summed E-state index contributed by atoms with van der Waals surface area (Å²) in [6, 6.07) is 18.1. The lowest BCUT2D eigenvalue weighted by molar-refractivity contribution is -0.122. The van der Waals surface area contributed by atoms with E-state index in [2.05, 4.69) is 71.5 Å². The predicted molar refractivity (Wildman–Crippen MR) is 149 cm³/mol. The third-order valence-corrected chi connectivity index (χ3v) is 8.60. The van der Waals surface area contributed by atoms with Gasteiger partial charge in [0.05, 0.1) is 0 Å². The molecule has 1 atom stereocenters. The maximum Gasteiger partial charge on any atom is 0.221 e. The molecule has 5 rings (SSSR count). The molecule has 4 heteroatoms. The molecule has 2 aliphatic rings. The van der Waals surface area contributed by atoms with Crippen molar-refractivity contribution >= 4 is 16.8 Å². The third kappa shape index (κ3) is 6.03. The van der Waals surface area contributed by atoms with Crippen molar-refractivity contribution in [2.24, 2.45) is 11.7 Å². The molecular formula is C32H43N3O. The minimum absolute atomic E-state index is 0.0380. The van der Waals surface area contributed by atoms with Gasteiger partial charge in [-0.25, -0.2) is 0 Å². The zero-order chi connectivity index (χ0) is 24.9. The molecule has 2 saturated carbocycles. The number of aryl methyl sites for hydroxylation is 1. The summed E-state index contributed by atoms with van der Waals surface area (Å²) in [6.45, 7) is 3.22. The lowest BCUT2D eigenvalue weighted by atomic mass is 9.86. The zero-order valence-corrected chi connectivity index (χ0v) is 21.9. The second-order valence-corrected chi connectivity index (χ2v) is 11.5. The van der Waals surface area contributed by atoms with E-state index >= 15 is 0 Å². The first-order chi connectivity index (χ1) is 17.6. The van der Waals surface area contributed by atoms with Crippen LogP contribution in [0.5, 0.6) is 0 Å². The Bertz CT molecular complexity index is 1150. The van der Waals surface area contributed by atoms with Crippen molar-refractivity contribution < 1.29 is 4.79 Å². The lowest BCUT2D eigenvalue weighted by Gasteiger charge is -2.27. The Morgan fingerprint density at radius 1 is 0.972 bits per heavy atom. The van der Waals surface area contributed by atoms with Crippen LogP contribution >= 0.6 is 0 Å². The van der Waals surface area contributed by atoms with Crippen LogP contribution in [0.3, 0.4) is 0 Å². The Balaban J connectivity index is 1.45. The number of hydrogen-bond donors (Lipinski definition) is 2. The molecule has 1 heterocycles. The van der Waals surface area contributed by atoms with E-state index in [9.17, 15) is 4.79 Å². The number of nitrogens with zero attached hydrogens (tertiary/aromatic N) is 1. The van der Waals surface area contributed by atoms with Crippen molar-refractivity contribution in [3.05, 3.63) is 71.4 Å². The van der Waals surface area contributed by atoms with Crippen LogP contribution in [0, 0.1) is 12.8 Å². The molecule has 0 saturated heterocycles. The Labute approximate surface area is 216 Å². The van der Waals surface area contributed by atoms with E-state index < -0.39 is 0 Å². The number of nitrogens with one attached hydrogen (secondary N) is 1. The number of benzene rings is 2. The molecule has 2 aromatic carbocycles. The number of para-hydroxylation sites is 1. The largest absolute Gasteiger partial charge is 0.353 e. The molecule has 0 radical (unpaired) electrons. The normalized spacial score (nSPS) is 22.3. The fourth-order valence-corrected chi connectivity index (χ4v) is 6.56. The topological polar surface area (TPSA) is 60.1 Å². The number of amides is 1. The van der Waals surface area contributed by atoms with E-state index in [0.29, 0.717) is 6.42 Å². The number of carbonyl (C=O) groups is 1. The molecule has 2 aliphatic carbocycles. The highest BCUT2D eigenvalue weighted by molar-refractivity contribution is 5.86. The molecular weight excluding hydrogens is 442 g/mol. The van der Waals surface area contributed by atoms with Gasteiger partial charge in [0, 0.05) is 48.1 Å². The SMILES string of the molecule is Cc1cccc(C(CC(=O)N[C@H]2CC[C@H](N)CC2)c2cn(CC3CCCCCC3)c3ccccc23)c1. The summed E-state index contributed by atoms with van der Waals surface area (Å²) in [6.07, 6.45) is 15.0. The third-order valence-electron chi connectivity index (χ3n) is 8.60. The molecule has 36 heavy (non-hydrogen) atoms. The van der Waals surface area contributed by atoms with E-state index in [1.807, 2.05) is 0 Å². The van der Waals surface area contributed by atoms with Gasteiger partial charge in [-0.05, 0) is 68.6 Å². The van der Waals surface area contributed by atoms with E-state index in [4.69, 9.17) is 5.73 Å². The fourth-order valence-electron chi connectivity index (χ4n) is 6.56. The average Bonchev–Trinajstić information content (AvgIpc) is 3.04. The van der Waals surface area contributed by atoms with Gasteiger partial charge >= 0.3 is 0 Å². The predicted octanol–water partition coefficient (Wildman–Crippen LogP) is 6.83. The molecule has 3 aromatic rings. The summed E-state index contributed by atoms with van der Waals surface area (Å²) >= 11 is 0.